The number of aryl methyl sites for hydroxylation is 1. The van der Waals surface area contributed by atoms with Crippen molar-refractivity contribution in [2.24, 2.45) is 0 Å². The van der Waals surface area contributed by atoms with Gasteiger partial charge in [-0.25, -0.2) is 0 Å². The van der Waals surface area contributed by atoms with Crippen molar-refractivity contribution in [2.75, 3.05) is 13.7 Å². The number of rotatable bonds is 5. The van der Waals surface area contributed by atoms with Gasteiger partial charge < -0.3 is 10.1 Å². The number of benzene rings is 1. The maximum Gasteiger partial charge on any atom is 0.252 e. The van der Waals surface area contributed by atoms with E-state index >= 15 is 0 Å². The van der Waals surface area contributed by atoms with Crippen molar-refractivity contribution in [3.05, 3.63) is 58.4 Å². The molecule has 0 aliphatic carbocycles. The highest BCUT2D eigenvalue weighted by Crippen LogP contribution is 2.28. The second-order valence-corrected chi connectivity index (χ2v) is 5.38. The number of aromatic nitrogens is 1. The van der Waals surface area contributed by atoms with Gasteiger partial charge in [-0.2, -0.15) is 0 Å². The Bertz CT molecular complexity index is 672. The van der Waals surface area contributed by atoms with E-state index < -0.39 is 0 Å². The average molecular weight is 335 g/mol. The minimum Gasteiger partial charge on any atom is -0.496 e. The number of nitrogens with zero attached hydrogens (tertiary/aromatic N) is 1. The number of hydrogen-bond acceptors (Lipinski definition) is 3. The maximum absolute atomic E-state index is 12.0. The first kappa shape index (κ1) is 19.0. The summed E-state index contributed by atoms with van der Waals surface area (Å²) in [4.78, 5) is 15.9. The second kappa shape index (κ2) is 8.53. The molecular weight excluding hydrogens is 312 g/mol. The molecule has 1 N–H and O–H groups in total. The summed E-state index contributed by atoms with van der Waals surface area (Å²) in [5.41, 5.74) is 5.33. The van der Waals surface area contributed by atoms with Crippen LogP contribution in [0.3, 0.4) is 0 Å². The second-order valence-electron chi connectivity index (χ2n) is 5.38. The summed E-state index contributed by atoms with van der Waals surface area (Å²) in [7, 11) is 1.70. The van der Waals surface area contributed by atoms with Gasteiger partial charge in [0, 0.05) is 18.9 Å². The Labute approximate surface area is 143 Å². The largest absolute Gasteiger partial charge is 0.496 e. The number of pyridine rings is 1. The molecule has 0 aliphatic heterocycles. The van der Waals surface area contributed by atoms with Crippen LogP contribution in [-0.2, 0) is 6.42 Å². The van der Waals surface area contributed by atoms with Crippen LogP contribution in [0.4, 0.5) is 0 Å². The van der Waals surface area contributed by atoms with Gasteiger partial charge in [-0.1, -0.05) is 6.07 Å². The van der Waals surface area contributed by atoms with Crippen molar-refractivity contribution in [2.45, 2.75) is 27.2 Å². The van der Waals surface area contributed by atoms with E-state index in [1.807, 2.05) is 6.92 Å². The smallest absolute Gasteiger partial charge is 0.252 e. The Kier molecular flexibility index (Phi) is 7.04. The van der Waals surface area contributed by atoms with Crippen molar-refractivity contribution < 1.29 is 9.53 Å². The summed E-state index contributed by atoms with van der Waals surface area (Å²) in [5, 5.41) is 2.93. The first-order valence-corrected chi connectivity index (χ1v) is 7.36. The third-order valence-corrected chi connectivity index (χ3v) is 3.94. The molecule has 4 nitrogen and oxygen atoms in total. The van der Waals surface area contributed by atoms with Crippen molar-refractivity contribution >= 4 is 18.3 Å². The van der Waals surface area contributed by atoms with E-state index in [4.69, 9.17) is 4.74 Å². The van der Waals surface area contributed by atoms with Gasteiger partial charge in [-0.15, -0.1) is 12.4 Å². The van der Waals surface area contributed by atoms with Crippen LogP contribution in [0.1, 0.15) is 32.6 Å². The zero-order valence-electron chi connectivity index (χ0n) is 14.0. The topological polar surface area (TPSA) is 51.2 Å². The lowest BCUT2D eigenvalue weighted by Gasteiger charge is -2.16. The van der Waals surface area contributed by atoms with Gasteiger partial charge in [-0.3, -0.25) is 9.78 Å². The number of carbonyl (C=O) groups excluding carboxylic acids is 1. The summed E-state index contributed by atoms with van der Waals surface area (Å²) in [6, 6.07) is 5.65. The summed E-state index contributed by atoms with van der Waals surface area (Å²) in [6.45, 7) is 6.80. The first-order valence-electron chi connectivity index (χ1n) is 7.36. The minimum absolute atomic E-state index is 0. The predicted octanol–water partition coefficient (Wildman–Crippen LogP) is 3.41. The fourth-order valence-corrected chi connectivity index (χ4v) is 2.63. The first-order chi connectivity index (χ1) is 10.5. The van der Waals surface area contributed by atoms with Gasteiger partial charge in [-0.05, 0) is 61.6 Å². The molecule has 0 saturated heterocycles. The van der Waals surface area contributed by atoms with Crippen LogP contribution in [0.2, 0.25) is 0 Å². The number of carbonyl (C=O) groups is 1. The molecule has 2 rings (SSSR count). The van der Waals surface area contributed by atoms with Gasteiger partial charge in [0.15, 0.2) is 0 Å². The number of nitrogens with one attached hydrogen (secondary N) is 1. The number of amides is 1. The molecule has 0 atom stereocenters. The Balaban J connectivity index is 0.00000264. The zero-order chi connectivity index (χ0) is 16.1. The van der Waals surface area contributed by atoms with Crippen molar-refractivity contribution in [3.8, 4) is 5.75 Å². The van der Waals surface area contributed by atoms with Gasteiger partial charge in [0.1, 0.15) is 5.75 Å². The van der Waals surface area contributed by atoms with Crippen LogP contribution in [0, 0.1) is 20.8 Å². The van der Waals surface area contributed by atoms with Gasteiger partial charge in [0.05, 0.1) is 12.7 Å². The maximum atomic E-state index is 12.0. The minimum atomic E-state index is -0.0901. The molecule has 0 saturated carbocycles. The molecule has 5 heteroatoms. The Morgan fingerprint density at radius 3 is 2.61 bits per heavy atom. The van der Waals surface area contributed by atoms with Crippen molar-refractivity contribution in [3.63, 3.8) is 0 Å². The molecule has 2 aromatic rings. The zero-order valence-corrected chi connectivity index (χ0v) is 14.8. The van der Waals surface area contributed by atoms with Crippen LogP contribution < -0.4 is 10.1 Å². The lowest BCUT2D eigenvalue weighted by atomic mass is 9.96. The number of hydrogen-bond donors (Lipinski definition) is 1. The predicted molar refractivity (Wildman–Crippen MR) is 94.7 cm³/mol. The summed E-state index contributed by atoms with van der Waals surface area (Å²) >= 11 is 0. The van der Waals surface area contributed by atoms with Crippen LogP contribution >= 0.6 is 12.4 Å². The molecule has 1 amide bonds. The van der Waals surface area contributed by atoms with Crippen LogP contribution in [0.15, 0.2) is 30.6 Å². The molecule has 1 aromatic carbocycles. The molecule has 0 unspecified atom stereocenters. The molecule has 1 aromatic heterocycles. The molecular formula is C18H23ClN2O2. The SMILES string of the molecule is COc1c(C)cc(CCNC(=O)c2cccnc2)c(C)c1C.Cl. The van der Waals surface area contributed by atoms with E-state index in [9.17, 15) is 4.79 Å². The molecule has 0 bridgehead atoms. The molecule has 0 spiro atoms. The third-order valence-electron chi connectivity index (χ3n) is 3.94. The highest BCUT2D eigenvalue weighted by molar-refractivity contribution is 5.93. The van der Waals surface area contributed by atoms with E-state index in [0.717, 1.165) is 23.3 Å². The highest BCUT2D eigenvalue weighted by Gasteiger charge is 2.11. The van der Waals surface area contributed by atoms with Crippen molar-refractivity contribution in [1.29, 1.82) is 0 Å². The molecule has 124 valence electrons. The van der Waals surface area contributed by atoms with E-state index in [1.54, 1.807) is 31.6 Å². The standard InChI is InChI=1S/C18H22N2O2.ClH/c1-12-10-15(13(2)14(3)17(12)22-4)7-9-20-18(21)16-6-5-8-19-11-16;/h5-6,8,10-11H,7,9H2,1-4H3,(H,20,21);1H. The van der Waals surface area contributed by atoms with Crippen LogP contribution in [0.25, 0.3) is 0 Å². The quantitative estimate of drug-likeness (QED) is 0.911. The number of ether oxygens (including phenoxy) is 1. The molecule has 1 heterocycles. The van der Waals surface area contributed by atoms with Crippen molar-refractivity contribution in [1.82, 2.24) is 10.3 Å². The molecule has 0 aliphatic rings. The monoisotopic (exact) mass is 334 g/mol. The fraction of sp³-hybridized carbons (Fsp3) is 0.333. The lowest BCUT2D eigenvalue weighted by molar-refractivity contribution is 0.0953. The number of methoxy groups -OCH3 is 1. The van der Waals surface area contributed by atoms with Crippen LogP contribution in [0.5, 0.6) is 5.75 Å². The third kappa shape index (κ3) is 4.45. The summed E-state index contributed by atoms with van der Waals surface area (Å²) in [6.07, 6.45) is 4.02. The Hall–Kier alpha value is -2.07. The molecule has 23 heavy (non-hydrogen) atoms. The summed E-state index contributed by atoms with van der Waals surface area (Å²) in [5.74, 6) is 0.855. The molecule has 0 radical (unpaired) electrons. The molecule has 0 fully saturated rings. The van der Waals surface area contributed by atoms with Gasteiger partial charge >= 0.3 is 0 Å². The summed E-state index contributed by atoms with van der Waals surface area (Å²) < 4.78 is 5.44. The van der Waals surface area contributed by atoms with Gasteiger partial charge in [0.2, 0.25) is 0 Å². The normalized spacial score (nSPS) is 9.91. The van der Waals surface area contributed by atoms with Crippen LogP contribution in [-0.4, -0.2) is 24.5 Å². The lowest BCUT2D eigenvalue weighted by Crippen LogP contribution is -2.26. The number of halogens is 1. The Morgan fingerprint density at radius 2 is 2.00 bits per heavy atom. The van der Waals surface area contributed by atoms with E-state index in [2.05, 4.69) is 30.2 Å². The fourth-order valence-electron chi connectivity index (χ4n) is 2.63. The van der Waals surface area contributed by atoms with E-state index in [1.165, 1.54) is 11.1 Å². The van der Waals surface area contributed by atoms with E-state index in [0.29, 0.717) is 12.1 Å². The van der Waals surface area contributed by atoms with Gasteiger partial charge in [0.25, 0.3) is 5.91 Å². The Morgan fingerprint density at radius 1 is 1.26 bits per heavy atom. The van der Waals surface area contributed by atoms with E-state index in [-0.39, 0.29) is 18.3 Å². The highest BCUT2D eigenvalue weighted by atomic mass is 35.5. The average Bonchev–Trinajstić information content (AvgIpc) is 2.53.